The van der Waals surface area contributed by atoms with E-state index in [4.69, 9.17) is 10.5 Å². The summed E-state index contributed by atoms with van der Waals surface area (Å²) in [5, 5.41) is 4.21. The van der Waals surface area contributed by atoms with Gasteiger partial charge in [-0.1, -0.05) is 6.07 Å². The van der Waals surface area contributed by atoms with E-state index in [0.29, 0.717) is 19.2 Å². The molecule has 0 aromatic carbocycles. The SMILES string of the molecule is CC(C)n1cc(OCc2ccc(CN)cn2)cn1. The molecule has 2 aromatic rings. The molecule has 0 radical (unpaired) electrons. The fraction of sp³-hybridized carbons (Fsp3) is 0.385. The van der Waals surface area contributed by atoms with Crippen LogP contribution < -0.4 is 10.5 Å². The molecule has 0 aliphatic rings. The van der Waals surface area contributed by atoms with Crippen LogP contribution >= 0.6 is 0 Å². The summed E-state index contributed by atoms with van der Waals surface area (Å²) in [5.41, 5.74) is 7.41. The summed E-state index contributed by atoms with van der Waals surface area (Å²) in [6.07, 6.45) is 5.38. The van der Waals surface area contributed by atoms with E-state index in [1.807, 2.05) is 23.0 Å². The minimum atomic E-state index is 0.337. The first-order valence-electron chi connectivity index (χ1n) is 6.00. The maximum absolute atomic E-state index is 5.62. The lowest BCUT2D eigenvalue weighted by atomic mass is 10.2. The maximum Gasteiger partial charge on any atom is 0.157 e. The molecule has 0 bridgehead atoms. The first-order valence-corrected chi connectivity index (χ1v) is 6.00. The van der Waals surface area contributed by atoms with Crippen LogP contribution in [0.2, 0.25) is 0 Å². The number of nitrogens with two attached hydrogens (primary N) is 1. The van der Waals surface area contributed by atoms with Crippen LogP contribution in [0.25, 0.3) is 0 Å². The molecule has 0 aliphatic heterocycles. The summed E-state index contributed by atoms with van der Waals surface area (Å²) in [6.45, 7) is 5.09. The van der Waals surface area contributed by atoms with Crippen molar-refractivity contribution in [3.63, 3.8) is 0 Å². The van der Waals surface area contributed by atoms with E-state index in [-0.39, 0.29) is 0 Å². The molecule has 0 spiro atoms. The topological polar surface area (TPSA) is 66.0 Å². The summed E-state index contributed by atoms with van der Waals surface area (Å²) >= 11 is 0. The number of rotatable bonds is 5. The quantitative estimate of drug-likeness (QED) is 0.875. The van der Waals surface area contributed by atoms with Crippen molar-refractivity contribution in [1.29, 1.82) is 0 Å². The van der Waals surface area contributed by atoms with Gasteiger partial charge in [0.25, 0.3) is 0 Å². The van der Waals surface area contributed by atoms with Gasteiger partial charge < -0.3 is 10.5 Å². The lowest BCUT2D eigenvalue weighted by Gasteiger charge is -2.05. The van der Waals surface area contributed by atoms with Crippen molar-refractivity contribution in [3.05, 3.63) is 42.0 Å². The fourth-order valence-electron chi connectivity index (χ4n) is 1.50. The zero-order valence-corrected chi connectivity index (χ0v) is 10.7. The lowest BCUT2D eigenvalue weighted by Crippen LogP contribution is -2.01. The highest BCUT2D eigenvalue weighted by atomic mass is 16.5. The second-order valence-electron chi connectivity index (χ2n) is 4.40. The molecule has 2 rings (SSSR count). The molecule has 0 saturated heterocycles. The standard InChI is InChI=1S/C13H18N4O/c1-10(2)17-8-13(7-16-17)18-9-12-4-3-11(5-14)6-15-12/h3-4,6-8,10H,5,9,14H2,1-2H3. The van der Waals surface area contributed by atoms with Gasteiger partial charge in [-0.25, -0.2) is 0 Å². The molecule has 0 amide bonds. The van der Waals surface area contributed by atoms with Crippen LogP contribution in [0.1, 0.15) is 31.1 Å². The molecular weight excluding hydrogens is 228 g/mol. The van der Waals surface area contributed by atoms with Gasteiger partial charge >= 0.3 is 0 Å². The third-order valence-electron chi connectivity index (χ3n) is 2.62. The van der Waals surface area contributed by atoms with Crippen LogP contribution in [-0.2, 0) is 13.2 Å². The van der Waals surface area contributed by atoms with E-state index in [2.05, 4.69) is 23.9 Å². The Hall–Kier alpha value is -1.88. The third-order valence-corrected chi connectivity index (χ3v) is 2.62. The number of hydrogen-bond donors (Lipinski definition) is 1. The summed E-state index contributed by atoms with van der Waals surface area (Å²) in [5.74, 6) is 0.758. The zero-order chi connectivity index (χ0) is 13.0. The minimum Gasteiger partial charge on any atom is -0.484 e. The molecule has 0 atom stereocenters. The van der Waals surface area contributed by atoms with Crippen LogP contribution in [0.3, 0.4) is 0 Å². The number of ether oxygens (including phenoxy) is 1. The fourth-order valence-corrected chi connectivity index (χ4v) is 1.50. The van der Waals surface area contributed by atoms with Gasteiger partial charge in [-0.2, -0.15) is 5.10 Å². The van der Waals surface area contributed by atoms with E-state index < -0.39 is 0 Å². The van der Waals surface area contributed by atoms with Crippen molar-refractivity contribution >= 4 is 0 Å². The van der Waals surface area contributed by atoms with Crippen LogP contribution in [0.4, 0.5) is 0 Å². The Morgan fingerprint density at radius 2 is 2.17 bits per heavy atom. The minimum absolute atomic E-state index is 0.337. The molecule has 0 aliphatic carbocycles. The molecule has 18 heavy (non-hydrogen) atoms. The van der Waals surface area contributed by atoms with Crippen LogP contribution in [0, 0.1) is 0 Å². The molecule has 0 fully saturated rings. The molecule has 2 aromatic heterocycles. The van der Waals surface area contributed by atoms with Gasteiger partial charge in [-0.05, 0) is 25.5 Å². The van der Waals surface area contributed by atoms with Crippen molar-refractivity contribution in [3.8, 4) is 5.75 Å². The van der Waals surface area contributed by atoms with Crippen molar-refractivity contribution in [2.45, 2.75) is 33.0 Å². The van der Waals surface area contributed by atoms with Crippen molar-refractivity contribution < 1.29 is 4.74 Å². The van der Waals surface area contributed by atoms with E-state index >= 15 is 0 Å². The number of hydrogen-bond acceptors (Lipinski definition) is 4. The van der Waals surface area contributed by atoms with Gasteiger partial charge in [-0.15, -0.1) is 0 Å². The van der Waals surface area contributed by atoms with Crippen molar-refractivity contribution in [2.24, 2.45) is 5.73 Å². The van der Waals surface area contributed by atoms with E-state index in [0.717, 1.165) is 17.0 Å². The number of nitrogens with zero attached hydrogens (tertiary/aromatic N) is 3. The van der Waals surface area contributed by atoms with Crippen molar-refractivity contribution in [2.75, 3.05) is 0 Å². The average Bonchev–Trinajstić information content (AvgIpc) is 2.86. The Morgan fingerprint density at radius 3 is 2.72 bits per heavy atom. The Balaban J connectivity index is 1.93. The third kappa shape index (κ3) is 3.07. The number of aromatic nitrogens is 3. The van der Waals surface area contributed by atoms with Crippen LogP contribution in [0.5, 0.6) is 5.75 Å². The van der Waals surface area contributed by atoms with Gasteiger partial charge in [0.15, 0.2) is 5.75 Å². The molecule has 96 valence electrons. The molecule has 0 saturated carbocycles. The summed E-state index contributed by atoms with van der Waals surface area (Å²) in [4.78, 5) is 4.27. The molecular formula is C13H18N4O. The van der Waals surface area contributed by atoms with Gasteiger partial charge in [0.1, 0.15) is 6.61 Å². The Morgan fingerprint density at radius 1 is 1.33 bits per heavy atom. The summed E-state index contributed by atoms with van der Waals surface area (Å²) < 4.78 is 7.48. The zero-order valence-electron chi connectivity index (χ0n) is 10.7. The summed E-state index contributed by atoms with van der Waals surface area (Å²) in [7, 11) is 0. The summed E-state index contributed by atoms with van der Waals surface area (Å²) in [6, 6.07) is 4.22. The van der Waals surface area contributed by atoms with Gasteiger partial charge in [0, 0.05) is 18.8 Å². The molecule has 2 heterocycles. The highest BCUT2D eigenvalue weighted by Crippen LogP contribution is 2.13. The average molecular weight is 246 g/mol. The second-order valence-corrected chi connectivity index (χ2v) is 4.40. The largest absolute Gasteiger partial charge is 0.484 e. The smallest absolute Gasteiger partial charge is 0.157 e. The van der Waals surface area contributed by atoms with Gasteiger partial charge in [-0.3, -0.25) is 9.67 Å². The van der Waals surface area contributed by atoms with Crippen LogP contribution in [0.15, 0.2) is 30.7 Å². The highest BCUT2D eigenvalue weighted by Gasteiger charge is 2.03. The Kier molecular flexibility index (Phi) is 3.94. The predicted octanol–water partition coefficient (Wildman–Crippen LogP) is 1.90. The van der Waals surface area contributed by atoms with E-state index in [9.17, 15) is 0 Å². The highest BCUT2D eigenvalue weighted by molar-refractivity contribution is 5.15. The van der Waals surface area contributed by atoms with Gasteiger partial charge in [0.05, 0.1) is 18.1 Å². The van der Waals surface area contributed by atoms with E-state index in [1.54, 1.807) is 12.4 Å². The number of pyridine rings is 1. The molecule has 0 unspecified atom stereocenters. The molecule has 5 heteroatoms. The predicted molar refractivity (Wildman–Crippen MR) is 69.1 cm³/mol. The first kappa shape index (κ1) is 12.6. The molecule has 5 nitrogen and oxygen atoms in total. The monoisotopic (exact) mass is 246 g/mol. The van der Waals surface area contributed by atoms with Crippen LogP contribution in [-0.4, -0.2) is 14.8 Å². The van der Waals surface area contributed by atoms with Gasteiger partial charge in [0.2, 0.25) is 0 Å². The second kappa shape index (κ2) is 5.64. The van der Waals surface area contributed by atoms with E-state index in [1.165, 1.54) is 0 Å². The molecule has 2 N–H and O–H groups in total. The van der Waals surface area contributed by atoms with Crippen molar-refractivity contribution in [1.82, 2.24) is 14.8 Å². The lowest BCUT2D eigenvalue weighted by molar-refractivity contribution is 0.300. The Bertz CT molecular complexity index is 490. The maximum atomic E-state index is 5.62. The Labute approximate surface area is 107 Å². The normalized spacial score (nSPS) is 10.9. The first-order chi connectivity index (χ1) is 8.69.